The van der Waals surface area contributed by atoms with Crippen LogP contribution in [0.4, 0.5) is 0 Å². The summed E-state index contributed by atoms with van der Waals surface area (Å²) >= 11 is 0. The number of rotatable bonds is 6. The van der Waals surface area contributed by atoms with E-state index in [2.05, 4.69) is 35.0 Å². The van der Waals surface area contributed by atoms with E-state index in [-0.39, 0.29) is 11.8 Å². The molecule has 6 nitrogen and oxygen atoms in total. The molecule has 152 valence electrons. The van der Waals surface area contributed by atoms with Crippen molar-refractivity contribution in [2.24, 2.45) is 5.92 Å². The SMILES string of the molecule is COc1ccc(CCNC(=O)C2CCc3nc4cc(C)ccn4c3C2)cc1OC. The quantitative estimate of drug-likeness (QED) is 0.699. The molecule has 6 heteroatoms. The largest absolute Gasteiger partial charge is 0.493 e. The summed E-state index contributed by atoms with van der Waals surface area (Å²) in [5.41, 5.74) is 5.58. The van der Waals surface area contributed by atoms with E-state index < -0.39 is 0 Å². The first-order valence-electron chi connectivity index (χ1n) is 10.0. The number of nitrogens with zero attached hydrogens (tertiary/aromatic N) is 2. The Morgan fingerprint density at radius 1 is 1.21 bits per heavy atom. The fourth-order valence-electron chi connectivity index (χ4n) is 4.04. The summed E-state index contributed by atoms with van der Waals surface area (Å²) in [5, 5.41) is 3.11. The number of hydrogen-bond acceptors (Lipinski definition) is 4. The number of imidazole rings is 1. The lowest BCUT2D eigenvalue weighted by Crippen LogP contribution is -2.35. The molecule has 1 aliphatic carbocycles. The van der Waals surface area contributed by atoms with Gasteiger partial charge in [-0.15, -0.1) is 0 Å². The first-order valence-corrected chi connectivity index (χ1v) is 10.0. The minimum atomic E-state index is -0.00546. The van der Waals surface area contributed by atoms with Crippen LogP contribution in [0.5, 0.6) is 11.5 Å². The van der Waals surface area contributed by atoms with Gasteiger partial charge in [-0.2, -0.15) is 0 Å². The molecule has 0 fully saturated rings. The Balaban J connectivity index is 1.37. The lowest BCUT2D eigenvalue weighted by Gasteiger charge is -2.21. The van der Waals surface area contributed by atoms with Gasteiger partial charge in [-0.25, -0.2) is 4.98 Å². The summed E-state index contributed by atoms with van der Waals surface area (Å²) in [6.45, 7) is 2.67. The predicted octanol–water partition coefficient (Wildman–Crippen LogP) is 3.12. The van der Waals surface area contributed by atoms with Crippen molar-refractivity contribution in [2.45, 2.75) is 32.6 Å². The molecule has 1 aromatic carbocycles. The van der Waals surface area contributed by atoms with Crippen molar-refractivity contribution in [1.29, 1.82) is 0 Å². The average molecular weight is 393 g/mol. The van der Waals surface area contributed by atoms with E-state index in [0.717, 1.165) is 42.6 Å². The second-order valence-corrected chi connectivity index (χ2v) is 7.61. The van der Waals surface area contributed by atoms with E-state index >= 15 is 0 Å². The number of hydrogen-bond donors (Lipinski definition) is 1. The number of carbonyl (C=O) groups is 1. The van der Waals surface area contributed by atoms with Crippen molar-refractivity contribution in [1.82, 2.24) is 14.7 Å². The standard InChI is InChI=1S/C23H27N3O3/c1-15-9-11-26-19-14-17(5-6-18(19)25-22(26)12-15)23(27)24-10-8-16-4-7-20(28-2)21(13-16)29-3/h4,7,9,11-13,17H,5-6,8,10,14H2,1-3H3,(H,24,27). The number of aryl methyl sites for hydroxylation is 2. The maximum Gasteiger partial charge on any atom is 0.223 e. The minimum absolute atomic E-state index is 0.00546. The summed E-state index contributed by atoms with van der Waals surface area (Å²) in [7, 11) is 3.25. The Morgan fingerprint density at radius 2 is 2.03 bits per heavy atom. The monoisotopic (exact) mass is 393 g/mol. The molecular formula is C23H27N3O3. The van der Waals surface area contributed by atoms with Crippen LogP contribution in [0.25, 0.3) is 5.65 Å². The summed E-state index contributed by atoms with van der Waals surface area (Å²) in [4.78, 5) is 17.5. The molecule has 29 heavy (non-hydrogen) atoms. The van der Waals surface area contributed by atoms with Crippen molar-refractivity contribution in [3.8, 4) is 11.5 Å². The summed E-state index contributed by atoms with van der Waals surface area (Å²) in [6.07, 6.45) is 5.25. The molecular weight excluding hydrogens is 366 g/mol. The molecule has 1 aliphatic rings. The van der Waals surface area contributed by atoms with Gasteiger partial charge in [0, 0.05) is 30.8 Å². The van der Waals surface area contributed by atoms with Gasteiger partial charge >= 0.3 is 0 Å². The van der Waals surface area contributed by atoms with Gasteiger partial charge in [0.15, 0.2) is 11.5 Å². The maximum atomic E-state index is 12.7. The maximum absolute atomic E-state index is 12.7. The third-order valence-electron chi connectivity index (χ3n) is 5.66. The van der Waals surface area contributed by atoms with Gasteiger partial charge in [-0.1, -0.05) is 6.07 Å². The number of aromatic nitrogens is 2. The van der Waals surface area contributed by atoms with Gasteiger partial charge in [0.1, 0.15) is 5.65 Å². The van der Waals surface area contributed by atoms with E-state index in [1.165, 1.54) is 11.3 Å². The van der Waals surface area contributed by atoms with Crippen LogP contribution in [0.3, 0.4) is 0 Å². The highest BCUT2D eigenvalue weighted by Gasteiger charge is 2.27. The number of nitrogens with one attached hydrogen (secondary N) is 1. The zero-order chi connectivity index (χ0) is 20.4. The Kier molecular flexibility index (Phi) is 5.43. The second kappa shape index (κ2) is 8.15. The van der Waals surface area contributed by atoms with Crippen LogP contribution >= 0.6 is 0 Å². The van der Waals surface area contributed by atoms with Crippen LogP contribution in [0.15, 0.2) is 36.5 Å². The van der Waals surface area contributed by atoms with Crippen LogP contribution in [0, 0.1) is 12.8 Å². The smallest absolute Gasteiger partial charge is 0.223 e. The highest BCUT2D eigenvalue weighted by atomic mass is 16.5. The van der Waals surface area contributed by atoms with E-state index in [9.17, 15) is 4.79 Å². The summed E-state index contributed by atoms with van der Waals surface area (Å²) in [5.74, 6) is 1.54. The van der Waals surface area contributed by atoms with E-state index in [1.54, 1.807) is 14.2 Å². The molecule has 1 atom stereocenters. The Morgan fingerprint density at radius 3 is 2.83 bits per heavy atom. The van der Waals surface area contributed by atoms with Gasteiger partial charge in [-0.05, 0) is 61.6 Å². The van der Waals surface area contributed by atoms with Crippen LogP contribution in [0.1, 0.15) is 28.9 Å². The number of benzene rings is 1. The van der Waals surface area contributed by atoms with Crippen LogP contribution in [-0.4, -0.2) is 36.1 Å². The average Bonchev–Trinajstić information content (AvgIpc) is 3.10. The second-order valence-electron chi connectivity index (χ2n) is 7.61. The molecule has 0 saturated carbocycles. The van der Waals surface area contributed by atoms with Gasteiger partial charge in [0.25, 0.3) is 0 Å². The number of ether oxygens (including phenoxy) is 2. The van der Waals surface area contributed by atoms with Crippen LogP contribution in [-0.2, 0) is 24.1 Å². The van der Waals surface area contributed by atoms with Crippen molar-refractivity contribution < 1.29 is 14.3 Å². The van der Waals surface area contributed by atoms with E-state index in [1.807, 2.05) is 18.2 Å². The minimum Gasteiger partial charge on any atom is -0.493 e. The van der Waals surface area contributed by atoms with Crippen molar-refractivity contribution >= 4 is 11.6 Å². The number of amides is 1. The molecule has 1 N–H and O–H groups in total. The first-order chi connectivity index (χ1) is 14.1. The zero-order valence-corrected chi connectivity index (χ0v) is 17.2. The van der Waals surface area contributed by atoms with Crippen molar-refractivity contribution in [2.75, 3.05) is 20.8 Å². The molecule has 0 saturated heterocycles. The van der Waals surface area contributed by atoms with E-state index in [0.29, 0.717) is 18.0 Å². The predicted molar refractivity (Wildman–Crippen MR) is 112 cm³/mol. The van der Waals surface area contributed by atoms with Crippen molar-refractivity contribution in [3.05, 3.63) is 59.0 Å². The van der Waals surface area contributed by atoms with Gasteiger partial charge in [-0.3, -0.25) is 4.79 Å². The van der Waals surface area contributed by atoms with Crippen LogP contribution in [0.2, 0.25) is 0 Å². The van der Waals surface area contributed by atoms with Crippen LogP contribution < -0.4 is 14.8 Å². The molecule has 2 heterocycles. The molecule has 1 unspecified atom stereocenters. The normalized spacial score (nSPS) is 15.8. The Bertz CT molecular complexity index is 1040. The topological polar surface area (TPSA) is 64.9 Å². The highest BCUT2D eigenvalue weighted by molar-refractivity contribution is 5.79. The fraction of sp³-hybridized carbons (Fsp3) is 0.391. The Hall–Kier alpha value is -3.02. The van der Waals surface area contributed by atoms with Gasteiger partial charge in [0.2, 0.25) is 5.91 Å². The highest BCUT2D eigenvalue weighted by Crippen LogP contribution is 2.28. The summed E-state index contributed by atoms with van der Waals surface area (Å²) in [6, 6.07) is 10.0. The molecule has 4 rings (SSSR count). The fourth-order valence-corrected chi connectivity index (χ4v) is 4.04. The van der Waals surface area contributed by atoms with Gasteiger partial charge in [0.05, 0.1) is 19.9 Å². The molecule has 2 aromatic heterocycles. The number of pyridine rings is 1. The summed E-state index contributed by atoms with van der Waals surface area (Å²) < 4.78 is 12.7. The Labute approximate surface area is 170 Å². The first kappa shape index (κ1) is 19.3. The third-order valence-corrected chi connectivity index (χ3v) is 5.66. The molecule has 3 aromatic rings. The number of carbonyl (C=O) groups excluding carboxylic acids is 1. The zero-order valence-electron chi connectivity index (χ0n) is 17.2. The lowest BCUT2D eigenvalue weighted by atomic mass is 9.89. The van der Waals surface area contributed by atoms with E-state index in [4.69, 9.17) is 14.5 Å². The molecule has 0 radical (unpaired) electrons. The lowest BCUT2D eigenvalue weighted by molar-refractivity contribution is -0.125. The molecule has 0 spiro atoms. The third kappa shape index (κ3) is 3.92. The molecule has 1 amide bonds. The molecule has 0 bridgehead atoms. The number of fused-ring (bicyclic) bond motifs is 3. The van der Waals surface area contributed by atoms with Gasteiger partial charge < -0.3 is 19.2 Å². The molecule has 0 aliphatic heterocycles. The van der Waals surface area contributed by atoms with Crippen molar-refractivity contribution in [3.63, 3.8) is 0 Å². The number of methoxy groups -OCH3 is 2.